The number of carbonyl (C=O) groups excluding carboxylic acids is 1. The standard InChI is InChI=1S/C19H20N2O2/c22-19(20-23)9-7-15-6-8-17-10-11-21(14-18(17)12-15)13-16-4-2-1-3-5-16/h1-9,12,23H,10-11,13-14H2,(H,20,22). The SMILES string of the molecule is O=C(C=Cc1ccc2c(c1)CN(Cc1ccccc1)CC2)NO. The Morgan fingerprint density at radius 2 is 2.00 bits per heavy atom. The fraction of sp³-hybridized carbons (Fsp3) is 0.211. The van der Waals surface area contributed by atoms with Gasteiger partial charge in [-0.25, -0.2) is 5.48 Å². The zero-order valence-electron chi connectivity index (χ0n) is 12.9. The van der Waals surface area contributed by atoms with Crippen molar-refractivity contribution < 1.29 is 10.0 Å². The maximum atomic E-state index is 11.1. The van der Waals surface area contributed by atoms with Crippen LogP contribution in [0.2, 0.25) is 0 Å². The van der Waals surface area contributed by atoms with Crippen LogP contribution in [0.5, 0.6) is 0 Å². The Morgan fingerprint density at radius 3 is 2.78 bits per heavy atom. The molecule has 0 radical (unpaired) electrons. The predicted octanol–water partition coefficient (Wildman–Crippen LogP) is 2.76. The molecule has 0 aromatic heterocycles. The van der Waals surface area contributed by atoms with E-state index in [1.165, 1.54) is 22.8 Å². The largest absolute Gasteiger partial charge is 0.294 e. The maximum absolute atomic E-state index is 11.1. The number of hydrogen-bond donors (Lipinski definition) is 2. The second kappa shape index (κ2) is 7.22. The molecule has 2 aromatic carbocycles. The summed E-state index contributed by atoms with van der Waals surface area (Å²) in [6.07, 6.45) is 4.08. The summed E-state index contributed by atoms with van der Waals surface area (Å²) >= 11 is 0. The fourth-order valence-corrected chi connectivity index (χ4v) is 2.92. The summed E-state index contributed by atoms with van der Waals surface area (Å²) in [7, 11) is 0. The van der Waals surface area contributed by atoms with Gasteiger partial charge in [-0.1, -0.05) is 48.5 Å². The summed E-state index contributed by atoms with van der Waals surface area (Å²) in [6, 6.07) is 16.7. The van der Waals surface area contributed by atoms with Crippen molar-refractivity contribution in [1.29, 1.82) is 0 Å². The molecule has 1 aliphatic heterocycles. The van der Waals surface area contributed by atoms with Gasteiger partial charge in [-0.05, 0) is 34.8 Å². The number of hydroxylamine groups is 1. The maximum Gasteiger partial charge on any atom is 0.267 e. The van der Waals surface area contributed by atoms with Crippen molar-refractivity contribution >= 4 is 12.0 Å². The third kappa shape index (κ3) is 4.06. The molecule has 23 heavy (non-hydrogen) atoms. The smallest absolute Gasteiger partial charge is 0.267 e. The summed E-state index contributed by atoms with van der Waals surface area (Å²) in [5.74, 6) is -0.520. The summed E-state index contributed by atoms with van der Waals surface area (Å²) in [5.41, 5.74) is 6.57. The first-order valence-corrected chi connectivity index (χ1v) is 7.75. The number of fused-ring (bicyclic) bond motifs is 1. The molecule has 1 aliphatic rings. The molecule has 1 heterocycles. The van der Waals surface area contributed by atoms with Crippen LogP contribution in [0.1, 0.15) is 22.3 Å². The Morgan fingerprint density at radius 1 is 1.17 bits per heavy atom. The average Bonchev–Trinajstić information content (AvgIpc) is 2.60. The van der Waals surface area contributed by atoms with E-state index in [-0.39, 0.29) is 0 Å². The van der Waals surface area contributed by atoms with E-state index in [9.17, 15) is 4.79 Å². The first-order valence-electron chi connectivity index (χ1n) is 7.75. The number of amides is 1. The van der Waals surface area contributed by atoms with Crippen LogP contribution >= 0.6 is 0 Å². The monoisotopic (exact) mass is 308 g/mol. The minimum absolute atomic E-state index is 0.520. The van der Waals surface area contributed by atoms with E-state index in [1.807, 2.05) is 12.1 Å². The van der Waals surface area contributed by atoms with Gasteiger partial charge >= 0.3 is 0 Å². The quantitative estimate of drug-likeness (QED) is 0.519. The normalized spacial score (nSPS) is 14.7. The van der Waals surface area contributed by atoms with Crippen molar-refractivity contribution in [3.63, 3.8) is 0 Å². The number of rotatable bonds is 4. The topological polar surface area (TPSA) is 52.6 Å². The van der Waals surface area contributed by atoms with Crippen molar-refractivity contribution in [2.75, 3.05) is 6.54 Å². The van der Waals surface area contributed by atoms with Crippen LogP contribution in [0.4, 0.5) is 0 Å². The van der Waals surface area contributed by atoms with Crippen LogP contribution in [0.3, 0.4) is 0 Å². The molecule has 0 spiro atoms. The lowest BCUT2D eigenvalue weighted by atomic mass is 9.97. The van der Waals surface area contributed by atoms with Gasteiger partial charge in [0.05, 0.1) is 0 Å². The molecule has 2 N–H and O–H groups in total. The van der Waals surface area contributed by atoms with Gasteiger partial charge in [0.1, 0.15) is 0 Å². The lowest BCUT2D eigenvalue weighted by Crippen LogP contribution is -2.30. The Kier molecular flexibility index (Phi) is 4.86. The molecule has 4 nitrogen and oxygen atoms in total. The molecule has 118 valence electrons. The minimum Gasteiger partial charge on any atom is -0.294 e. The van der Waals surface area contributed by atoms with E-state index in [2.05, 4.69) is 41.3 Å². The molecule has 4 heteroatoms. The molecule has 2 aromatic rings. The average molecular weight is 308 g/mol. The van der Waals surface area contributed by atoms with Gasteiger partial charge in [0.2, 0.25) is 0 Å². The van der Waals surface area contributed by atoms with Crippen molar-refractivity contribution in [2.45, 2.75) is 19.5 Å². The number of hydrogen-bond acceptors (Lipinski definition) is 3. The zero-order valence-corrected chi connectivity index (χ0v) is 12.9. The van der Waals surface area contributed by atoms with Crippen LogP contribution in [0.25, 0.3) is 6.08 Å². The van der Waals surface area contributed by atoms with E-state index in [1.54, 1.807) is 11.6 Å². The Balaban J connectivity index is 1.71. The highest BCUT2D eigenvalue weighted by Crippen LogP contribution is 2.22. The second-order valence-corrected chi connectivity index (χ2v) is 5.78. The summed E-state index contributed by atoms with van der Waals surface area (Å²) in [5, 5.41) is 8.52. The third-order valence-corrected chi connectivity index (χ3v) is 4.11. The number of nitrogens with zero attached hydrogens (tertiary/aromatic N) is 1. The highest BCUT2D eigenvalue weighted by atomic mass is 16.5. The molecule has 3 rings (SSSR count). The van der Waals surface area contributed by atoms with Crippen LogP contribution in [-0.4, -0.2) is 22.6 Å². The van der Waals surface area contributed by atoms with Crippen molar-refractivity contribution in [3.8, 4) is 0 Å². The van der Waals surface area contributed by atoms with E-state index >= 15 is 0 Å². The molecule has 0 saturated heterocycles. The lowest BCUT2D eigenvalue weighted by Gasteiger charge is -2.29. The summed E-state index contributed by atoms with van der Waals surface area (Å²) < 4.78 is 0. The first kappa shape index (κ1) is 15.5. The highest BCUT2D eigenvalue weighted by Gasteiger charge is 2.16. The van der Waals surface area contributed by atoms with Crippen LogP contribution in [0, 0.1) is 0 Å². The van der Waals surface area contributed by atoms with Crippen LogP contribution in [0.15, 0.2) is 54.6 Å². The Bertz CT molecular complexity index is 711. The summed E-state index contributed by atoms with van der Waals surface area (Å²) in [4.78, 5) is 13.5. The predicted molar refractivity (Wildman–Crippen MR) is 89.7 cm³/mol. The molecular formula is C19H20N2O2. The molecule has 0 fully saturated rings. The first-order chi connectivity index (χ1) is 11.2. The van der Waals surface area contributed by atoms with Gasteiger partial charge in [-0.3, -0.25) is 14.9 Å². The molecule has 1 amide bonds. The van der Waals surface area contributed by atoms with Crippen molar-refractivity contribution in [3.05, 3.63) is 76.9 Å². The van der Waals surface area contributed by atoms with Gasteiger partial charge in [-0.15, -0.1) is 0 Å². The number of benzene rings is 2. The van der Waals surface area contributed by atoms with Crippen LogP contribution in [-0.2, 0) is 24.3 Å². The molecular weight excluding hydrogens is 288 g/mol. The van der Waals surface area contributed by atoms with E-state index in [0.29, 0.717) is 0 Å². The molecule has 0 aliphatic carbocycles. The molecule has 0 bridgehead atoms. The van der Waals surface area contributed by atoms with Gasteiger partial charge in [0.25, 0.3) is 5.91 Å². The fourth-order valence-electron chi connectivity index (χ4n) is 2.92. The molecule has 0 saturated carbocycles. The van der Waals surface area contributed by atoms with E-state index in [0.717, 1.165) is 31.6 Å². The van der Waals surface area contributed by atoms with E-state index in [4.69, 9.17) is 5.21 Å². The van der Waals surface area contributed by atoms with Gasteiger partial charge < -0.3 is 0 Å². The van der Waals surface area contributed by atoms with Crippen LogP contribution < -0.4 is 5.48 Å². The van der Waals surface area contributed by atoms with Gasteiger partial charge in [0.15, 0.2) is 0 Å². The summed E-state index contributed by atoms with van der Waals surface area (Å²) in [6.45, 7) is 2.93. The Labute approximate surface area is 136 Å². The zero-order chi connectivity index (χ0) is 16.1. The highest BCUT2D eigenvalue weighted by molar-refractivity contribution is 5.90. The molecule has 0 unspecified atom stereocenters. The number of nitrogens with one attached hydrogen (secondary N) is 1. The number of carbonyl (C=O) groups is 1. The lowest BCUT2D eigenvalue weighted by molar-refractivity contribution is -0.124. The molecule has 0 atom stereocenters. The van der Waals surface area contributed by atoms with Gasteiger partial charge in [0, 0.05) is 25.7 Å². The third-order valence-electron chi connectivity index (χ3n) is 4.11. The van der Waals surface area contributed by atoms with E-state index < -0.39 is 5.91 Å². The Hall–Kier alpha value is -2.43. The van der Waals surface area contributed by atoms with Crippen molar-refractivity contribution in [1.82, 2.24) is 10.4 Å². The minimum atomic E-state index is -0.520. The second-order valence-electron chi connectivity index (χ2n) is 5.78. The van der Waals surface area contributed by atoms with Crippen molar-refractivity contribution in [2.24, 2.45) is 0 Å². The van der Waals surface area contributed by atoms with Gasteiger partial charge in [-0.2, -0.15) is 0 Å².